The van der Waals surface area contributed by atoms with Crippen LogP contribution in [0.25, 0.3) is 0 Å². The van der Waals surface area contributed by atoms with Crippen LogP contribution in [0.4, 0.5) is 13.2 Å². The van der Waals surface area contributed by atoms with Gasteiger partial charge in [-0.3, -0.25) is 0 Å². The monoisotopic (exact) mass is 268 g/mol. The number of alkyl halides is 3. The average molecular weight is 268 g/mol. The molecule has 0 aromatic rings. The predicted octanol–water partition coefficient (Wildman–Crippen LogP) is 2.63. The Hall–Kier alpha value is 0.0500. The molecule has 0 aromatic carbocycles. The third-order valence-corrected chi connectivity index (χ3v) is 7.61. The zero-order chi connectivity index (χ0) is 12.7. The Morgan fingerprint density at radius 2 is 1.33 bits per heavy atom. The molecule has 3 nitrogen and oxygen atoms in total. The summed E-state index contributed by atoms with van der Waals surface area (Å²) in [7, 11) is -7.85. The van der Waals surface area contributed by atoms with Crippen LogP contribution in [-0.4, -0.2) is 31.2 Å². The van der Waals surface area contributed by atoms with Crippen molar-refractivity contribution in [2.45, 2.75) is 31.0 Å². The van der Waals surface area contributed by atoms with E-state index in [1.807, 2.05) is 0 Å². The molecule has 0 atom stereocenters. The van der Waals surface area contributed by atoms with Crippen LogP contribution in [0.3, 0.4) is 0 Å². The predicted molar refractivity (Wildman–Crippen MR) is 55.3 cm³/mol. The molecule has 0 aliphatic rings. The van der Waals surface area contributed by atoms with E-state index in [9.17, 15) is 21.6 Å². The van der Waals surface area contributed by atoms with Crippen molar-refractivity contribution in [3.05, 3.63) is 0 Å². The Kier molecular flexibility index (Phi) is 3.83. The van der Waals surface area contributed by atoms with Crippen LogP contribution in [0.15, 0.2) is 0 Å². The van der Waals surface area contributed by atoms with Gasteiger partial charge in [0, 0.05) is 4.75 Å². The molecule has 0 radical (unpaired) electrons. The molecular formula is C7H15F3O3S2. The first-order valence-corrected chi connectivity index (χ1v) is 7.74. The van der Waals surface area contributed by atoms with E-state index in [-0.39, 0.29) is 0 Å². The molecule has 0 saturated heterocycles. The van der Waals surface area contributed by atoms with Crippen molar-refractivity contribution >= 4 is 20.4 Å². The standard InChI is InChI=1S/C7H15F3O3S2/c1-6(2,3)14(4,5)13-15(11,12)7(8,9)10/h1-5H3. The van der Waals surface area contributed by atoms with Crippen molar-refractivity contribution in [1.82, 2.24) is 0 Å². The minimum absolute atomic E-state index is 0.648. The largest absolute Gasteiger partial charge is 0.523 e. The van der Waals surface area contributed by atoms with Gasteiger partial charge in [-0.15, -0.1) is 10.3 Å². The van der Waals surface area contributed by atoms with Gasteiger partial charge in [-0.2, -0.15) is 21.6 Å². The SMILES string of the molecule is CC(C)(C)S(C)(C)OS(=O)(=O)C(F)(F)F. The zero-order valence-electron chi connectivity index (χ0n) is 9.18. The van der Waals surface area contributed by atoms with Gasteiger partial charge < -0.3 is 0 Å². The van der Waals surface area contributed by atoms with E-state index < -0.39 is 30.7 Å². The highest BCUT2D eigenvalue weighted by Gasteiger charge is 2.51. The second-order valence-electron chi connectivity index (χ2n) is 4.31. The van der Waals surface area contributed by atoms with Crippen molar-refractivity contribution in [3.63, 3.8) is 0 Å². The van der Waals surface area contributed by atoms with Crippen molar-refractivity contribution < 1.29 is 25.2 Å². The molecule has 0 N–H and O–H groups in total. The number of hydrogen-bond acceptors (Lipinski definition) is 3. The molecule has 0 saturated carbocycles. The van der Waals surface area contributed by atoms with Gasteiger partial charge in [-0.25, -0.2) is 3.63 Å². The van der Waals surface area contributed by atoms with Crippen LogP contribution in [0, 0.1) is 0 Å². The normalized spacial score (nSPS) is 16.5. The van der Waals surface area contributed by atoms with Gasteiger partial charge in [0.05, 0.1) is 0 Å². The highest BCUT2D eigenvalue weighted by Crippen LogP contribution is 2.56. The van der Waals surface area contributed by atoms with Gasteiger partial charge in [0.15, 0.2) is 0 Å². The molecule has 0 fully saturated rings. The summed E-state index contributed by atoms with van der Waals surface area (Å²) in [6.07, 6.45) is 2.77. The van der Waals surface area contributed by atoms with E-state index in [1.165, 1.54) is 12.5 Å². The van der Waals surface area contributed by atoms with Gasteiger partial charge >= 0.3 is 15.6 Å². The summed E-state index contributed by atoms with van der Waals surface area (Å²) in [6.45, 7) is 4.90. The molecule has 0 amide bonds. The molecule has 0 rings (SSSR count). The van der Waals surface area contributed by atoms with Crippen LogP contribution in [-0.2, 0) is 13.7 Å². The highest BCUT2D eigenvalue weighted by molar-refractivity contribution is 8.33. The van der Waals surface area contributed by atoms with Crippen molar-refractivity contribution in [2.75, 3.05) is 12.5 Å². The summed E-state index contributed by atoms with van der Waals surface area (Å²) < 4.78 is 61.4. The number of rotatable bonds is 2. The first-order valence-electron chi connectivity index (χ1n) is 3.96. The zero-order valence-corrected chi connectivity index (χ0v) is 10.8. The van der Waals surface area contributed by atoms with Gasteiger partial charge in [0.1, 0.15) is 0 Å². The Balaban J connectivity index is 5.08. The lowest BCUT2D eigenvalue weighted by molar-refractivity contribution is -0.0496. The Labute approximate surface area is 89.6 Å². The molecule has 0 spiro atoms. The first kappa shape index (κ1) is 15.0. The summed E-state index contributed by atoms with van der Waals surface area (Å²) >= 11 is 0. The van der Waals surface area contributed by atoms with Gasteiger partial charge in [0.25, 0.3) is 0 Å². The van der Waals surface area contributed by atoms with Crippen molar-refractivity contribution in [2.24, 2.45) is 0 Å². The summed E-state index contributed by atoms with van der Waals surface area (Å²) in [5, 5.41) is 0. The lowest BCUT2D eigenvalue weighted by Crippen LogP contribution is -2.32. The minimum Gasteiger partial charge on any atom is -0.213 e. The fourth-order valence-corrected chi connectivity index (χ4v) is 3.28. The van der Waals surface area contributed by atoms with Crippen molar-refractivity contribution in [3.8, 4) is 0 Å². The summed E-state index contributed by atoms with van der Waals surface area (Å²) in [5.41, 5.74) is -5.36. The van der Waals surface area contributed by atoms with Gasteiger partial charge in [-0.05, 0) is 12.5 Å². The molecule has 8 heteroatoms. The van der Waals surface area contributed by atoms with E-state index in [0.717, 1.165) is 0 Å². The maximum Gasteiger partial charge on any atom is 0.523 e. The second kappa shape index (κ2) is 3.81. The van der Waals surface area contributed by atoms with E-state index >= 15 is 0 Å². The fourth-order valence-electron chi connectivity index (χ4n) is 0.365. The van der Waals surface area contributed by atoms with Crippen LogP contribution in [0.1, 0.15) is 20.8 Å². The van der Waals surface area contributed by atoms with E-state index in [2.05, 4.69) is 3.63 Å². The lowest BCUT2D eigenvalue weighted by atomic mass is 10.3. The van der Waals surface area contributed by atoms with Crippen LogP contribution >= 0.6 is 10.3 Å². The molecule has 0 aromatic heterocycles. The van der Waals surface area contributed by atoms with E-state index in [4.69, 9.17) is 0 Å². The molecule has 0 aliphatic heterocycles. The maximum absolute atomic E-state index is 12.1. The molecule has 0 unspecified atom stereocenters. The number of hydrogen-bond donors (Lipinski definition) is 0. The molecule has 0 heterocycles. The van der Waals surface area contributed by atoms with Crippen LogP contribution in [0.5, 0.6) is 0 Å². The fraction of sp³-hybridized carbons (Fsp3) is 1.00. The third-order valence-electron chi connectivity index (χ3n) is 2.02. The smallest absolute Gasteiger partial charge is 0.213 e. The average Bonchev–Trinajstić information content (AvgIpc) is 1.77. The Morgan fingerprint density at radius 3 is 1.53 bits per heavy atom. The summed E-state index contributed by atoms with van der Waals surface area (Å²) in [5.74, 6) is 0. The molecule has 94 valence electrons. The quantitative estimate of drug-likeness (QED) is 0.723. The van der Waals surface area contributed by atoms with Gasteiger partial charge in [-0.1, -0.05) is 20.8 Å². The van der Waals surface area contributed by atoms with E-state index in [1.54, 1.807) is 20.8 Å². The molecular weight excluding hydrogens is 253 g/mol. The molecule has 0 aliphatic carbocycles. The first-order chi connectivity index (χ1) is 6.21. The molecule has 15 heavy (non-hydrogen) atoms. The lowest BCUT2D eigenvalue weighted by Gasteiger charge is -2.42. The third kappa shape index (κ3) is 3.53. The molecule has 0 bridgehead atoms. The number of halogens is 3. The van der Waals surface area contributed by atoms with E-state index in [0.29, 0.717) is 0 Å². The summed E-state index contributed by atoms with van der Waals surface area (Å²) in [4.78, 5) is 0. The second-order valence-corrected chi connectivity index (χ2v) is 9.92. The Morgan fingerprint density at radius 1 is 1.00 bits per heavy atom. The van der Waals surface area contributed by atoms with Crippen molar-refractivity contribution in [1.29, 1.82) is 0 Å². The topological polar surface area (TPSA) is 43.4 Å². The minimum atomic E-state index is -5.50. The van der Waals surface area contributed by atoms with Crippen LogP contribution < -0.4 is 0 Å². The summed E-state index contributed by atoms with van der Waals surface area (Å²) in [6, 6.07) is 0. The maximum atomic E-state index is 12.1. The highest BCUT2D eigenvalue weighted by atomic mass is 32.3. The van der Waals surface area contributed by atoms with Crippen LogP contribution in [0.2, 0.25) is 0 Å². The van der Waals surface area contributed by atoms with Gasteiger partial charge in [0.2, 0.25) is 0 Å². The Bertz CT molecular complexity index is 324.